The Labute approximate surface area is 164 Å². The summed E-state index contributed by atoms with van der Waals surface area (Å²) in [4.78, 5) is 31.2. The molecule has 1 aromatic heterocycles. The number of carbonyl (C=O) groups is 2. The van der Waals surface area contributed by atoms with Gasteiger partial charge in [-0.3, -0.25) is 20.0 Å². The van der Waals surface area contributed by atoms with Crippen molar-refractivity contribution in [3.8, 4) is 0 Å². The number of benzene rings is 1. The van der Waals surface area contributed by atoms with E-state index in [0.29, 0.717) is 26.1 Å². The van der Waals surface area contributed by atoms with Gasteiger partial charge in [-0.2, -0.15) is 0 Å². The lowest BCUT2D eigenvalue weighted by Gasteiger charge is -2.30. The lowest BCUT2D eigenvalue weighted by molar-refractivity contribution is -0.136. The molecule has 7 nitrogen and oxygen atoms in total. The molecule has 0 spiro atoms. The van der Waals surface area contributed by atoms with Crippen LogP contribution in [-0.2, 0) is 16.1 Å². The fourth-order valence-electron chi connectivity index (χ4n) is 3.96. The Bertz CT molecular complexity index is 814. The molecule has 7 heteroatoms. The lowest BCUT2D eigenvalue weighted by Crippen LogP contribution is -2.45. The summed E-state index contributed by atoms with van der Waals surface area (Å²) in [5.74, 6) is -0.0716. The van der Waals surface area contributed by atoms with Crippen molar-refractivity contribution in [2.75, 3.05) is 13.1 Å². The van der Waals surface area contributed by atoms with Crippen LogP contribution < -0.4 is 16.2 Å². The van der Waals surface area contributed by atoms with Crippen LogP contribution in [0.3, 0.4) is 0 Å². The Kier molecular flexibility index (Phi) is 5.64. The Balaban J connectivity index is 1.54. The minimum atomic E-state index is -0.212. The second-order valence-corrected chi connectivity index (χ2v) is 7.40. The number of pyridine rings is 1. The second-order valence-electron chi connectivity index (χ2n) is 7.40. The van der Waals surface area contributed by atoms with Crippen molar-refractivity contribution in [2.24, 2.45) is 5.92 Å². The van der Waals surface area contributed by atoms with Crippen molar-refractivity contribution >= 4 is 11.8 Å². The van der Waals surface area contributed by atoms with Gasteiger partial charge in [0, 0.05) is 44.5 Å². The maximum Gasteiger partial charge on any atom is 0.229 e. The smallest absolute Gasteiger partial charge is 0.229 e. The van der Waals surface area contributed by atoms with Crippen LogP contribution in [0.4, 0.5) is 0 Å². The highest BCUT2D eigenvalue weighted by Gasteiger charge is 2.37. The topological polar surface area (TPSA) is 86.4 Å². The van der Waals surface area contributed by atoms with E-state index in [2.05, 4.69) is 21.2 Å². The van der Waals surface area contributed by atoms with Crippen molar-refractivity contribution in [3.63, 3.8) is 0 Å². The summed E-state index contributed by atoms with van der Waals surface area (Å²) in [6, 6.07) is 13.8. The Morgan fingerprint density at radius 1 is 1.18 bits per heavy atom. The summed E-state index contributed by atoms with van der Waals surface area (Å²) in [6.07, 6.45) is 4.80. The monoisotopic (exact) mass is 379 g/mol. The molecule has 1 aromatic carbocycles. The summed E-state index contributed by atoms with van der Waals surface area (Å²) in [5, 5.41) is 2.98. The van der Waals surface area contributed by atoms with Crippen molar-refractivity contribution in [1.29, 1.82) is 0 Å². The third-order valence-electron chi connectivity index (χ3n) is 5.39. The number of hydrazine groups is 1. The lowest BCUT2D eigenvalue weighted by atomic mass is 9.93. The number of carbonyl (C=O) groups excluding carboxylic acids is 2. The predicted molar refractivity (Wildman–Crippen MR) is 105 cm³/mol. The fourth-order valence-corrected chi connectivity index (χ4v) is 3.96. The third kappa shape index (κ3) is 4.21. The molecule has 146 valence electrons. The first-order valence-corrected chi connectivity index (χ1v) is 9.71. The molecule has 0 radical (unpaired) electrons. The van der Waals surface area contributed by atoms with Gasteiger partial charge in [0.15, 0.2) is 0 Å². The molecule has 28 heavy (non-hydrogen) atoms. The van der Waals surface area contributed by atoms with Crippen LogP contribution in [0.1, 0.15) is 30.0 Å². The van der Waals surface area contributed by atoms with E-state index in [1.54, 1.807) is 12.4 Å². The Hall–Kier alpha value is -2.77. The molecule has 2 aliphatic rings. The van der Waals surface area contributed by atoms with Gasteiger partial charge >= 0.3 is 0 Å². The van der Waals surface area contributed by atoms with Gasteiger partial charge in [0.1, 0.15) is 0 Å². The number of hydrogen-bond donors (Lipinski definition) is 3. The molecule has 2 aliphatic heterocycles. The molecule has 0 aliphatic carbocycles. The molecule has 4 rings (SSSR count). The normalized spacial score (nSPS) is 24.1. The summed E-state index contributed by atoms with van der Waals surface area (Å²) in [6.45, 7) is 1.56. The van der Waals surface area contributed by atoms with Gasteiger partial charge < -0.3 is 10.2 Å². The van der Waals surface area contributed by atoms with Gasteiger partial charge in [-0.1, -0.05) is 36.4 Å². The maximum atomic E-state index is 13.5. The number of hydrogen-bond acceptors (Lipinski definition) is 5. The van der Waals surface area contributed by atoms with Crippen molar-refractivity contribution in [3.05, 3.63) is 66.0 Å². The van der Waals surface area contributed by atoms with Gasteiger partial charge in [-0.15, -0.1) is 0 Å². The van der Waals surface area contributed by atoms with Crippen LogP contribution in [-0.4, -0.2) is 40.8 Å². The molecule has 2 aromatic rings. The first-order valence-electron chi connectivity index (χ1n) is 9.71. The zero-order valence-corrected chi connectivity index (χ0v) is 15.7. The quantitative estimate of drug-likeness (QED) is 0.701. The first-order chi connectivity index (χ1) is 13.7. The predicted octanol–water partition coefficient (Wildman–Crippen LogP) is 1.15. The van der Waals surface area contributed by atoms with E-state index in [1.807, 2.05) is 47.4 Å². The van der Waals surface area contributed by atoms with Crippen molar-refractivity contribution < 1.29 is 9.59 Å². The van der Waals surface area contributed by atoms with E-state index in [9.17, 15) is 9.59 Å². The van der Waals surface area contributed by atoms with Crippen molar-refractivity contribution in [2.45, 2.75) is 31.5 Å². The number of nitrogens with zero attached hydrogens (tertiary/aromatic N) is 2. The highest BCUT2D eigenvalue weighted by atomic mass is 16.2. The molecule has 3 N–H and O–H groups in total. The van der Waals surface area contributed by atoms with Crippen LogP contribution in [0.25, 0.3) is 0 Å². The SMILES string of the molecule is O=C1CC[C@@H](CN(Cc2cccnc2)C(=O)C2CNNC2c2ccccc2)N1. The van der Waals surface area contributed by atoms with E-state index >= 15 is 0 Å². The second kappa shape index (κ2) is 8.50. The standard InChI is InChI=1S/C21H25N5O2/c27-19-9-8-17(24-19)14-26(13-15-5-4-10-22-11-15)21(28)18-12-23-25-20(18)16-6-2-1-3-7-16/h1-7,10-11,17-18,20,23,25H,8-9,12-14H2,(H,24,27)/t17-,18?,20?/m0/s1. The molecule has 2 unspecified atom stereocenters. The largest absolute Gasteiger partial charge is 0.352 e. The van der Waals surface area contributed by atoms with E-state index < -0.39 is 0 Å². The van der Waals surface area contributed by atoms with Gasteiger partial charge in [0.2, 0.25) is 11.8 Å². The number of amides is 2. The fraction of sp³-hybridized carbons (Fsp3) is 0.381. The zero-order valence-electron chi connectivity index (χ0n) is 15.7. The van der Waals surface area contributed by atoms with Gasteiger partial charge in [-0.25, -0.2) is 5.43 Å². The van der Waals surface area contributed by atoms with E-state index in [1.165, 1.54) is 0 Å². The molecule has 3 atom stereocenters. The Morgan fingerprint density at radius 3 is 2.75 bits per heavy atom. The molecule has 2 saturated heterocycles. The van der Waals surface area contributed by atoms with Crippen molar-refractivity contribution in [1.82, 2.24) is 26.1 Å². The van der Waals surface area contributed by atoms with E-state index in [0.717, 1.165) is 17.5 Å². The van der Waals surface area contributed by atoms with Crippen LogP contribution in [0.2, 0.25) is 0 Å². The minimum Gasteiger partial charge on any atom is -0.352 e. The zero-order chi connectivity index (χ0) is 19.3. The number of aromatic nitrogens is 1. The van der Waals surface area contributed by atoms with Crippen LogP contribution in [0.15, 0.2) is 54.9 Å². The molecule has 2 amide bonds. The molecule has 2 fully saturated rings. The Morgan fingerprint density at radius 2 is 2.04 bits per heavy atom. The molecular formula is C21H25N5O2. The van der Waals surface area contributed by atoms with Crippen LogP contribution in [0, 0.1) is 5.92 Å². The molecule has 0 saturated carbocycles. The summed E-state index contributed by atoms with van der Waals surface area (Å²) >= 11 is 0. The van der Waals surface area contributed by atoms with Gasteiger partial charge in [-0.05, 0) is 23.6 Å². The highest BCUT2D eigenvalue weighted by molar-refractivity contribution is 5.81. The highest BCUT2D eigenvalue weighted by Crippen LogP contribution is 2.27. The minimum absolute atomic E-state index is 0.00520. The van der Waals surface area contributed by atoms with E-state index in [-0.39, 0.29) is 29.8 Å². The summed E-state index contributed by atoms with van der Waals surface area (Å²) in [5.41, 5.74) is 8.45. The maximum absolute atomic E-state index is 13.5. The first kappa shape index (κ1) is 18.6. The summed E-state index contributed by atoms with van der Waals surface area (Å²) in [7, 11) is 0. The molecule has 0 bridgehead atoms. The summed E-state index contributed by atoms with van der Waals surface area (Å²) < 4.78 is 0. The average Bonchev–Trinajstić information content (AvgIpc) is 3.37. The van der Waals surface area contributed by atoms with Gasteiger partial charge in [0.25, 0.3) is 0 Å². The molecule has 3 heterocycles. The third-order valence-corrected chi connectivity index (χ3v) is 5.39. The van der Waals surface area contributed by atoms with E-state index in [4.69, 9.17) is 0 Å². The number of rotatable bonds is 6. The average molecular weight is 379 g/mol. The van der Waals surface area contributed by atoms with Crippen LogP contribution in [0.5, 0.6) is 0 Å². The van der Waals surface area contributed by atoms with Gasteiger partial charge in [0.05, 0.1) is 12.0 Å². The molecular weight excluding hydrogens is 354 g/mol. The number of nitrogens with one attached hydrogen (secondary N) is 3. The van der Waals surface area contributed by atoms with Crippen LogP contribution >= 0.6 is 0 Å².